The molecule has 4 aromatic rings. The molecule has 38 heavy (non-hydrogen) atoms. The van der Waals surface area contributed by atoms with Crippen LogP contribution in [0, 0.1) is 0 Å². The zero-order valence-electron chi connectivity index (χ0n) is 20.8. The number of Topliss-reactive ketones (excluding diaryl/α,β-unsaturated/α-hetero) is 1. The molecule has 0 aliphatic carbocycles. The third-order valence-corrected chi connectivity index (χ3v) is 7.40. The monoisotopic (exact) mass is 505 g/mol. The van der Waals surface area contributed by atoms with Gasteiger partial charge in [-0.25, -0.2) is 0 Å². The quantitative estimate of drug-likeness (QED) is 0.203. The number of hydrogen-bond donors (Lipinski definition) is 0. The average molecular weight is 506 g/mol. The number of nitrogens with zero attached hydrogens (tertiary/aromatic N) is 1. The number of ether oxygens (including phenoxy) is 4. The summed E-state index contributed by atoms with van der Waals surface area (Å²) in [5, 5.41) is 0.948. The van der Waals surface area contributed by atoms with Gasteiger partial charge in [-0.05, 0) is 54.1 Å². The Morgan fingerprint density at radius 3 is 2.76 bits per heavy atom. The van der Waals surface area contributed by atoms with Crippen molar-refractivity contribution < 1.29 is 28.5 Å². The van der Waals surface area contributed by atoms with Crippen molar-refractivity contribution in [3.8, 4) is 23.0 Å². The third-order valence-electron chi connectivity index (χ3n) is 7.40. The van der Waals surface area contributed by atoms with Crippen molar-refractivity contribution in [1.82, 2.24) is 4.57 Å². The summed E-state index contributed by atoms with van der Waals surface area (Å²) in [6.07, 6.45) is 5.92. The van der Waals surface area contributed by atoms with Gasteiger partial charge in [-0.2, -0.15) is 0 Å². The van der Waals surface area contributed by atoms with Gasteiger partial charge in [0.2, 0.25) is 5.78 Å². The van der Waals surface area contributed by atoms with Gasteiger partial charge in [0.25, 0.3) is 0 Å². The molecule has 0 radical (unpaired) electrons. The Balaban J connectivity index is 1.32. The van der Waals surface area contributed by atoms with Crippen LogP contribution in [0.25, 0.3) is 23.1 Å². The second-order valence-electron chi connectivity index (χ2n) is 9.65. The van der Waals surface area contributed by atoms with E-state index in [9.17, 15) is 9.59 Å². The zero-order valence-corrected chi connectivity index (χ0v) is 20.8. The number of rotatable bonds is 3. The van der Waals surface area contributed by atoms with Crippen LogP contribution in [0.3, 0.4) is 0 Å². The van der Waals surface area contributed by atoms with Gasteiger partial charge in [0.05, 0.1) is 19.1 Å². The van der Waals surface area contributed by atoms with Gasteiger partial charge in [0.1, 0.15) is 29.6 Å². The lowest BCUT2D eigenvalue weighted by molar-refractivity contribution is -0.135. The molecular formula is C31H23NO6. The molecule has 0 bridgehead atoms. The molecule has 7 heteroatoms. The number of para-hydroxylation sites is 1. The van der Waals surface area contributed by atoms with E-state index < -0.39 is 0 Å². The third kappa shape index (κ3) is 3.43. The van der Waals surface area contributed by atoms with Crippen LogP contribution in [0.1, 0.15) is 39.4 Å². The first-order chi connectivity index (χ1) is 18.5. The summed E-state index contributed by atoms with van der Waals surface area (Å²) in [5.41, 5.74) is 4.89. The number of benzene rings is 3. The Hall–Kier alpha value is -4.78. The second kappa shape index (κ2) is 8.38. The summed E-state index contributed by atoms with van der Waals surface area (Å²) >= 11 is 0. The minimum absolute atomic E-state index is 0.139. The molecule has 1 aromatic heterocycles. The van der Waals surface area contributed by atoms with Crippen LogP contribution in [0.4, 0.5) is 0 Å². The van der Waals surface area contributed by atoms with E-state index in [1.54, 1.807) is 25.3 Å². The molecule has 0 spiro atoms. The Kier molecular flexibility index (Phi) is 4.94. The molecule has 188 valence electrons. The second-order valence-corrected chi connectivity index (χ2v) is 9.65. The van der Waals surface area contributed by atoms with Crippen molar-refractivity contribution in [1.29, 1.82) is 0 Å². The number of esters is 1. The predicted molar refractivity (Wildman–Crippen MR) is 142 cm³/mol. The maximum absolute atomic E-state index is 13.5. The van der Waals surface area contributed by atoms with Crippen molar-refractivity contribution in [2.24, 2.45) is 7.05 Å². The molecule has 7 nitrogen and oxygen atoms in total. The molecular weight excluding hydrogens is 482 g/mol. The highest BCUT2D eigenvalue weighted by Gasteiger charge is 2.39. The number of aryl methyl sites for hydroxylation is 1. The number of methoxy groups -OCH3 is 1. The van der Waals surface area contributed by atoms with E-state index in [2.05, 4.69) is 6.08 Å². The SMILES string of the molecule is COc1ccc2c(c1)c(/C=C1\Oc3c(ccc4c3[C@@H](C3=Cc5ccccc5OC3)CC(=O)O4)C1=O)cn2C. The van der Waals surface area contributed by atoms with Crippen LogP contribution in [0.5, 0.6) is 23.0 Å². The highest BCUT2D eigenvalue weighted by atomic mass is 16.5. The van der Waals surface area contributed by atoms with Crippen molar-refractivity contribution in [3.05, 3.63) is 94.4 Å². The van der Waals surface area contributed by atoms with Crippen LogP contribution in [-0.2, 0) is 11.8 Å². The molecule has 3 aliphatic rings. The molecule has 1 atom stereocenters. The van der Waals surface area contributed by atoms with E-state index in [1.165, 1.54) is 0 Å². The van der Waals surface area contributed by atoms with E-state index in [1.807, 2.05) is 60.3 Å². The van der Waals surface area contributed by atoms with E-state index in [-0.39, 0.29) is 29.9 Å². The maximum Gasteiger partial charge on any atom is 0.312 e. The van der Waals surface area contributed by atoms with Crippen LogP contribution in [0.15, 0.2) is 72.1 Å². The van der Waals surface area contributed by atoms with Gasteiger partial charge in [0, 0.05) is 46.8 Å². The van der Waals surface area contributed by atoms with Crippen LogP contribution in [0.2, 0.25) is 0 Å². The predicted octanol–water partition coefficient (Wildman–Crippen LogP) is 5.67. The first-order valence-corrected chi connectivity index (χ1v) is 12.4. The molecule has 3 aliphatic heterocycles. The number of carbonyl (C=O) groups is 2. The van der Waals surface area contributed by atoms with Crippen molar-refractivity contribution in [3.63, 3.8) is 0 Å². The Labute approximate surface area is 218 Å². The summed E-state index contributed by atoms with van der Waals surface area (Å²) < 4.78 is 25.3. The van der Waals surface area contributed by atoms with E-state index in [0.717, 1.165) is 39.1 Å². The lowest BCUT2D eigenvalue weighted by atomic mass is 9.83. The standard InChI is InChI=1S/C31H23NO6/c1-32-15-18(22-13-20(35-2)7-9-24(22)32)12-27-30(34)21-8-10-26-29(31(21)38-27)23(14-28(33)37-26)19-11-17-5-3-4-6-25(17)36-16-19/h3-13,15,23H,14,16H2,1-2H3/b27-12-/t23-/m1/s1. The van der Waals surface area contributed by atoms with Crippen LogP contribution >= 0.6 is 0 Å². The largest absolute Gasteiger partial charge is 0.497 e. The molecule has 0 unspecified atom stereocenters. The molecule has 0 saturated carbocycles. The minimum Gasteiger partial charge on any atom is -0.497 e. The normalized spacial score (nSPS) is 18.7. The first-order valence-electron chi connectivity index (χ1n) is 12.4. The maximum atomic E-state index is 13.5. The highest BCUT2D eigenvalue weighted by molar-refractivity contribution is 6.16. The topological polar surface area (TPSA) is 76.0 Å². The summed E-state index contributed by atoms with van der Waals surface area (Å²) in [4.78, 5) is 26.0. The number of fused-ring (bicyclic) bond motifs is 5. The Bertz CT molecular complexity index is 1740. The number of ketones is 1. The van der Waals surface area contributed by atoms with Gasteiger partial charge >= 0.3 is 5.97 Å². The number of aromatic nitrogens is 1. The van der Waals surface area contributed by atoms with Crippen molar-refractivity contribution >= 4 is 34.8 Å². The molecule has 0 fully saturated rings. The van der Waals surface area contributed by atoms with Gasteiger partial charge in [0.15, 0.2) is 5.76 Å². The number of carbonyl (C=O) groups excluding carboxylic acids is 2. The van der Waals surface area contributed by atoms with Gasteiger partial charge in [-0.1, -0.05) is 18.2 Å². The van der Waals surface area contributed by atoms with Crippen molar-refractivity contribution in [2.75, 3.05) is 13.7 Å². The van der Waals surface area contributed by atoms with E-state index in [4.69, 9.17) is 18.9 Å². The smallest absolute Gasteiger partial charge is 0.312 e. The van der Waals surface area contributed by atoms with Crippen molar-refractivity contribution in [2.45, 2.75) is 12.3 Å². The van der Waals surface area contributed by atoms with Gasteiger partial charge in [-0.3, -0.25) is 9.59 Å². The first kappa shape index (κ1) is 22.4. The number of allylic oxidation sites excluding steroid dienone is 1. The fraction of sp³-hybridized carbons (Fsp3) is 0.161. The molecule has 0 saturated heterocycles. The highest BCUT2D eigenvalue weighted by Crippen LogP contribution is 2.50. The van der Waals surface area contributed by atoms with E-state index >= 15 is 0 Å². The van der Waals surface area contributed by atoms with Gasteiger partial charge < -0.3 is 23.5 Å². The van der Waals surface area contributed by atoms with Crippen LogP contribution < -0.4 is 18.9 Å². The number of hydrogen-bond acceptors (Lipinski definition) is 6. The Morgan fingerprint density at radius 1 is 1.03 bits per heavy atom. The summed E-state index contributed by atoms with van der Waals surface area (Å²) in [6.45, 7) is 0.340. The molecule has 3 aromatic carbocycles. The average Bonchev–Trinajstić information content (AvgIpc) is 3.42. The lowest BCUT2D eigenvalue weighted by Crippen LogP contribution is -2.24. The lowest BCUT2D eigenvalue weighted by Gasteiger charge is -2.29. The fourth-order valence-electron chi connectivity index (χ4n) is 5.54. The van der Waals surface area contributed by atoms with Crippen LogP contribution in [-0.4, -0.2) is 30.0 Å². The molecule has 4 heterocycles. The molecule has 0 amide bonds. The minimum atomic E-state index is -0.330. The van der Waals surface area contributed by atoms with Gasteiger partial charge in [-0.15, -0.1) is 0 Å². The molecule has 7 rings (SSSR count). The zero-order chi connectivity index (χ0) is 26.0. The fourth-order valence-corrected chi connectivity index (χ4v) is 5.54. The Morgan fingerprint density at radius 2 is 1.89 bits per heavy atom. The molecule has 0 N–H and O–H groups in total. The summed E-state index contributed by atoms with van der Waals surface area (Å²) in [6, 6.07) is 17.0. The van der Waals surface area contributed by atoms with E-state index in [0.29, 0.717) is 29.2 Å². The summed E-state index contributed by atoms with van der Waals surface area (Å²) in [7, 11) is 3.58. The summed E-state index contributed by atoms with van der Waals surface area (Å²) in [5.74, 6) is 1.74.